The van der Waals surface area contributed by atoms with Crippen molar-refractivity contribution in [2.75, 3.05) is 19.0 Å². The molecule has 0 unspecified atom stereocenters. The van der Waals surface area contributed by atoms with Crippen LogP contribution in [0.25, 0.3) is 0 Å². The van der Waals surface area contributed by atoms with Crippen LogP contribution in [-0.4, -0.2) is 37.7 Å². The zero-order valence-corrected chi connectivity index (χ0v) is 21.0. The van der Waals surface area contributed by atoms with Crippen molar-refractivity contribution in [3.63, 3.8) is 0 Å². The first kappa shape index (κ1) is 26.9. The van der Waals surface area contributed by atoms with Crippen LogP contribution in [-0.2, 0) is 20.9 Å². The van der Waals surface area contributed by atoms with Crippen molar-refractivity contribution >= 4 is 29.6 Å². The normalized spacial score (nSPS) is 10.7. The zero-order chi connectivity index (χ0) is 26.6. The molecular formula is C28H30N4O5. The van der Waals surface area contributed by atoms with E-state index in [1.807, 2.05) is 24.3 Å². The maximum absolute atomic E-state index is 12.2. The summed E-state index contributed by atoms with van der Waals surface area (Å²) in [6.45, 7) is 4.20. The van der Waals surface area contributed by atoms with Crippen LogP contribution in [0.4, 0.5) is 5.69 Å². The minimum Gasteiger partial charge on any atom is -0.497 e. The van der Waals surface area contributed by atoms with E-state index in [1.54, 1.807) is 55.6 Å². The number of hydrogen-bond acceptors (Lipinski definition) is 6. The molecule has 37 heavy (non-hydrogen) atoms. The highest BCUT2D eigenvalue weighted by atomic mass is 16.5. The van der Waals surface area contributed by atoms with E-state index in [9.17, 15) is 14.4 Å². The first-order chi connectivity index (χ1) is 17.9. The van der Waals surface area contributed by atoms with Crippen LogP contribution in [0, 0.1) is 0 Å². The molecule has 3 amide bonds. The average Bonchev–Trinajstić information content (AvgIpc) is 2.91. The maximum Gasteiger partial charge on any atom is 0.329 e. The van der Waals surface area contributed by atoms with Gasteiger partial charge in [-0.05, 0) is 53.4 Å². The molecule has 0 bridgehead atoms. The largest absolute Gasteiger partial charge is 0.497 e. The molecule has 0 saturated carbocycles. The Kier molecular flexibility index (Phi) is 9.78. The second-order valence-electron chi connectivity index (χ2n) is 8.38. The summed E-state index contributed by atoms with van der Waals surface area (Å²) in [7, 11) is 1.57. The van der Waals surface area contributed by atoms with Crippen LogP contribution in [0.3, 0.4) is 0 Å². The average molecular weight is 503 g/mol. The number of hydrogen-bond donors (Lipinski definition) is 3. The van der Waals surface area contributed by atoms with E-state index in [0.717, 1.165) is 5.56 Å². The van der Waals surface area contributed by atoms with Gasteiger partial charge in [0.15, 0.2) is 6.61 Å². The molecule has 0 aliphatic carbocycles. The number of hydrazone groups is 1. The topological polar surface area (TPSA) is 118 Å². The molecule has 3 rings (SSSR count). The number of para-hydroxylation sites is 1. The third-order valence-corrected chi connectivity index (χ3v) is 5.33. The third kappa shape index (κ3) is 8.50. The summed E-state index contributed by atoms with van der Waals surface area (Å²) in [6, 6.07) is 21.6. The number of carbonyl (C=O) groups excluding carboxylic acids is 3. The lowest BCUT2D eigenvalue weighted by molar-refractivity contribution is -0.139. The number of ether oxygens (including phenoxy) is 2. The van der Waals surface area contributed by atoms with Gasteiger partial charge in [0, 0.05) is 17.8 Å². The Morgan fingerprint density at radius 1 is 0.919 bits per heavy atom. The van der Waals surface area contributed by atoms with E-state index in [4.69, 9.17) is 9.47 Å². The van der Waals surface area contributed by atoms with Gasteiger partial charge in [-0.1, -0.05) is 50.2 Å². The fourth-order valence-electron chi connectivity index (χ4n) is 3.23. The van der Waals surface area contributed by atoms with Crippen molar-refractivity contribution in [3.05, 3.63) is 89.5 Å². The molecule has 3 N–H and O–H groups in total. The van der Waals surface area contributed by atoms with Crippen molar-refractivity contribution in [1.29, 1.82) is 0 Å². The first-order valence-corrected chi connectivity index (χ1v) is 11.7. The van der Waals surface area contributed by atoms with Crippen LogP contribution < -0.4 is 25.5 Å². The Morgan fingerprint density at radius 2 is 1.62 bits per heavy atom. The quantitative estimate of drug-likeness (QED) is 0.222. The Balaban J connectivity index is 1.47. The molecule has 0 spiro atoms. The van der Waals surface area contributed by atoms with E-state index in [1.165, 1.54) is 11.8 Å². The van der Waals surface area contributed by atoms with Crippen molar-refractivity contribution in [1.82, 2.24) is 10.7 Å². The van der Waals surface area contributed by atoms with Gasteiger partial charge in [0.1, 0.15) is 11.5 Å². The molecule has 0 aliphatic heterocycles. The number of methoxy groups -OCH3 is 1. The third-order valence-electron chi connectivity index (χ3n) is 5.33. The highest BCUT2D eigenvalue weighted by molar-refractivity contribution is 6.35. The number of rotatable bonds is 10. The molecule has 3 aromatic carbocycles. The lowest BCUT2D eigenvalue weighted by Crippen LogP contribution is -2.37. The van der Waals surface area contributed by atoms with Gasteiger partial charge in [-0.3, -0.25) is 14.4 Å². The predicted molar refractivity (Wildman–Crippen MR) is 142 cm³/mol. The number of benzene rings is 3. The number of amides is 3. The second-order valence-corrected chi connectivity index (χ2v) is 8.38. The molecule has 0 aromatic heterocycles. The van der Waals surface area contributed by atoms with Crippen LogP contribution in [0.5, 0.6) is 11.5 Å². The van der Waals surface area contributed by atoms with Gasteiger partial charge in [0.2, 0.25) is 0 Å². The van der Waals surface area contributed by atoms with Gasteiger partial charge < -0.3 is 20.1 Å². The smallest absolute Gasteiger partial charge is 0.329 e. The maximum atomic E-state index is 12.2. The van der Waals surface area contributed by atoms with E-state index in [0.29, 0.717) is 28.7 Å². The summed E-state index contributed by atoms with van der Waals surface area (Å²) in [5.41, 5.74) is 5.41. The minimum atomic E-state index is -0.896. The van der Waals surface area contributed by atoms with Crippen LogP contribution in [0.1, 0.15) is 36.5 Å². The molecule has 192 valence electrons. The summed E-state index contributed by atoms with van der Waals surface area (Å²) in [6.07, 6.45) is 1.34. The Bertz CT molecular complexity index is 1240. The van der Waals surface area contributed by atoms with Gasteiger partial charge >= 0.3 is 11.8 Å². The van der Waals surface area contributed by atoms with Crippen molar-refractivity contribution in [2.24, 2.45) is 5.10 Å². The lowest BCUT2D eigenvalue weighted by atomic mass is 10.0. The fraction of sp³-hybridized carbons (Fsp3) is 0.214. The van der Waals surface area contributed by atoms with Crippen LogP contribution >= 0.6 is 0 Å². The standard InChI is InChI=1S/C28H30N4O5/c1-19(2)21-10-8-20(9-11-21)16-29-27(34)28(35)32-30-17-22-6-4-5-7-25(22)37-18-26(33)31-23-12-14-24(36-3)15-13-23/h4-15,17,19H,16,18H2,1-3H3,(H,29,34)(H,31,33)(H,32,35)/b30-17-. The van der Waals surface area contributed by atoms with Gasteiger partial charge in [-0.15, -0.1) is 0 Å². The molecule has 0 fully saturated rings. The van der Waals surface area contributed by atoms with Crippen molar-refractivity contribution < 1.29 is 23.9 Å². The summed E-state index contributed by atoms with van der Waals surface area (Å²) in [5, 5.41) is 9.14. The summed E-state index contributed by atoms with van der Waals surface area (Å²) < 4.78 is 10.7. The highest BCUT2D eigenvalue weighted by Gasteiger charge is 2.12. The molecule has 0 aliphatic rings. The molecule has 9 nitrogen and oxygen atoms in total. The van der Waals surface area contributed by atoms with E-state index in [-0.39, 0.29) is 19.1 Å². The second kappa shape index (κ2) is 13.4. The van der Waals surface area contributed by atoms with Gasteiger partial charge in [0.25, 0.3) is 5.91 Å². The first-order valence-electron chi connectivity index (χ1n) is 11.7. The molecule has 0 heterocycles. The lowest BCUT2D eigenvalue weighted by Gasteiger charge is -2.10. The number of carbonyl (C=O) groups is 3. The summed E-state index contributed by atoms with van der Waals surface area (Å²) in [5.74, 6) is -0.555. The molecule has 0 radical (unpaired) electrons. The van der Waals surface area contributed by atoms with Crippen LogP contribution in [0.2, 0.25) is 0 Å². The Morgan fingerprint density at radius 3 is 2.30 bits per heavy atom. The van der Waals surface area contributed by atoms with Gasteiger partial charge in [0.05, 0.1) is 13.3 Å². The molecule has 0 atom stereocenters. The number of nitrogens with zero attached hydrogens (tertiary/aromatic N) is 1. The van der Waals surface area contributed by atoms with Gasteiger partial charge in [-0.2, -0.15) is 5.10 Å². The zero-order valence-electron chi connectivity index (χ0n) is 21.0. The van der Waals surface area contributed by atoms with Crippen LogP contribution in [0.15, 0.2) is 77.9 Å². The monoisotopic (exact) mass is 502 g/mol. The SMILES string of the molecule is COc1ccc(NC(=O)COc2ccccc2/C=N\NC(=O)C(=O)NCc2ccc(C(C)C)cc2)cc1. The summed E-state index contributed by atoms with van der Waals surface area (Å²) >= 11 is 0. The number of nitrogens with one attached hydrogen (secondary N) is 3. The Hall–Kier alpha value is -4.66. The molecule has 9 heteroatoms. The Labute approximate surface area is 215 Å². The summed E-state index contributed by atoms with van der Waals surface area (Å²) in [4.78, 5) is 36.4. The molecule has 0 saturated heterocycles. The van der Waals surface area contributed by atoms with E-state index in [2.05, 4.69) is 35.0 Å². The van der Waals surface area contributed by atoms with Gasteiger partial charge in [-0.25, -0.2) is 5.43 Å². The fourth-order valence-corrected chi connectivity index (χ4v) is 3.23. The van der Waals surface area contributed by atoms with E-state index >= 15 is 0 Å². The van der Waals surface area contributed by atoms with Crippen molar-refractivity contribution in [2.45, 2.75) is 26.3 Å². The number of anilines is 1. The molecule has 3 aromatic rings. The predicted octanol–water partition coefficient (Wildman–Crippen LogP) is 3.60. The van der Waals surface area contributed by atoms with Crippen molar-refractivity contribution in [3.8, 4) is 11.5 Å². The molecular weight excluding hydrogens is 472 g/mol. The van der Waals surface area contributed by atoms with E-state index < -0.39 is 11.8 Å². The minimum absolute atomic E-state index is 0.226. The highest BCUT2D eigenvalue weighted by Crippen LogP contribution is 2.17.